The molecule has 0 bridgehead atoms. The maximum Gasteiger partial charge on any atom is 0.309 e. The van der Waals surface area contributed by atoms with Crippen molar-refractivity contribution in [3.05, 3.63) is 29.3 Å². The smallest absolute Gasteiger partial charge is 0.309 e. The zero-order chi connectivity index (χ0) is 19.3. The first-order chi connectivity index (χ1) is 12.9. The van der Waals surface area contributed by atoms with Crippen LogP contribution in [0.4, 0.5) is 0 Å². The maximum atomic E-state index is 12.8. The first-order valence-corrected chi connectivity index (χ1v) is 10.2. The predicted octanol–water partition coefficient (Wildman–Crippen LogP) is 4.16. The van der Waals surface area contributed by atoms with Gasteiger partial charge in [0.2, 0.25) is 0 Å². The molecule has 0 aromatic heterocycles. The number of esters is 1. The van der Waals surface area contributed by atoms with Gasteiger partial charge in [0.25, 0.3) is 0 Å². The summed E-state index contributed by atoms with van der Waals surface area (Å²) < 4.78 is 10.6. The van der Waals surface area contributed by atoms with Crippen LogP contribution < -0.4 is 4.74 Å². The zero-order valence-corrected chi connectivity index (χ0v) is 16.8. The van der Waals surface area contributed by atoms with Crippen molar-refractivity contribution in [2.75, 3.05) is 14.2 Å². The molecule has 0 amide bonds. The van der Waals surface area contributed by atoms with Gasteiger partial charge in [-0.1, -0.05) is 13.0 Å². The van der Waals surface area contributed by atoms with Gasteiger partial charge >= 0.3 is 5.97 Å². The summed E-state index contributed by atoms with van der Waals surface area (Å²) in [6.07, 6.45) is 4.90. The lowest BCUT2D eigenvalue weighted by molar-refractivity contribution is -0.154. The second-order valence-corrected chi connectivity index (χ2v) is 8.98. The normalized spacial score (nSPS) is 37.0. The predicted molar refractivity (Wildman–Crippen MR) is 103 cm³/mol. The molecule has 2 fully saturated rings. The number of hydrogen-bond donors (Lipinski definition) is 0. The van der Waals surface area contributed by atoms with Crippen molar-refractivity contribution in [1.82, 2.24) is 0 Å². The van der Waals surface area contributed by atoms with Crippen molar-refractivity contribution in [2.24, 2.45) is 29.1 Å². The summed E-state index contributed by atoms with van der Waals surface area (Å²) in [6.45, 7) is 3.98. The van der Waals surface area contributed by atoms with Crippen molar-refractivity contribution in [1.29, 1.82) is 0 Å². The van der Waals surface area contributed by atoms with Gasteiger partial charge in [0, 0.05) is 11.8 Å². The van der Waals surface area contributed by atoms with Crippen LogP contribution in [0.2, 0.25) is 0 Å². The number of fused-ring (bicyclic) bond motifs is 5. The number of methoxy groups -OCH3 is 2. The van der Waals surface area contributed by atoms with Crippen LogP contribution in [0.25, 0.3) is 0 Å². The van der Waals surface area contributed by atoms with Crippen LogP contribution in [0.1, 0.15) is 56.6 Å². The monoisotopic (exact) mass is 370 g/mol. The van der Waals surface area contributed by atoms with Crippen molar-refractivity contribution in [2.45, 2.75) is 51.9 Å². The third-order valence-electron chi connectivity index (χ3n) is 7.93. The number of aryl methyl sites for hydroxylation is 1. The fourth-order valence-electron chi connectivity index (χ4n) is 6.86. The van der Waals surface area contributed by atoms with E-state index in [4.69, 9.17) is 9.47 Å². The zero-order valence-electron chi connectivity index (χ0n) is 16.8. The molecule has 3 aliphatic rings. The Kier molecular flexibility index (Phi) is 4.56. The van der Waals surface area contributed by atoms with Gasteiger partial charge in [-0.25, -0.2) is 0 Å². The first kappa shape index (κ1) is 18.5. The number of ether oxygens (including phenoxy) is 2. The molecule has 0 heterocycles. The number of rotatable bonds is 3. The molecule has 3 aliphatic carbocycles. The Morgan fingerprint density at radius 2 is 1.93 bits per heavy atom. The maximum absolute atomic E-state index is 12.8. The summed E-state index contributed by atoms with van der Waals surface area (Å²) in [6, 6.07) is 6.29. The summed E-state index contributed by atoms with van der Waals surface area (Å²) in [5, 5.41) is 0. The summed E-state index contributed by atoms with van der Waals surface area (Å²) in [5.41, 5.74) is 2.50. The Labute approximate surface area is 161 Å². The van der Waals surface area contributed by atoms with E-state index < -0.39 is 0 Å². The van der Waals surface area contributed by atoms with Crippen LogP contribution in [0.5, 0.6) is 5.75 Å². The van der Waals surface area contributed by atoms with E-state index in [-0.39, 0.29) is 34.9 Å². The molecule has 0 radical (unpaired) electrons. The van der Waals surface area contributed by atoms with Crippen LogP contribution in [0.3, 0.4) is 0 Å². The van der Waals surface area contributed by atoms with Gasteiger partial charge in [0.15, 0.2) is 0 Å². The summed E-state index contributed by atoms with van der Waals surface area (Å²) in [7, 11) is 3.18. The minimum atomic E-state index is -0.173. The molecule has 1 aromatic carbocycles. The van der Waals surface area contributed by atoms with E-state index in [9.17, 15) is 9.59 Å². The lowest BCUT2D eigenvalue weighted by Gasteiger charge is -2.53. The van der Waals surface area contributed by atoms with Crippen LogP contribution in [0.15, 0.2) is 18.2 Å². The molecule has 0 saturated heterocycles. The van der Waals surface area contributed by atoms with Gasteiger partial charge < -0.3 is 9.47 Å². The number of carbonyl (C=O) groups is 2. The summed E-state index contributed by atoms with van der Waals surface area (Å²) in [4.78, 5) is 25.2. The Hall–Kier alpha value is -1.84. The highest BCUT2D eigenvalue weighted by Gasteiger charge is 2.60. The van der Waals surface area contributed by atoms with Crippen molar-refractivity contribution in [3.63, 3.8) is 0 Å². The summed E-state index contributed by atoms with van der Waals surface area (Å²) in [5.74, 6) is 2.08. The SMILES string of the molecule is COC(=O)[C@H]1C[C@@]2(C)[C@H](C(C)=O)CC[C@H]2[C@@H]2CCc3cc(OC)ccc3[C@H]21. The standard InChI is InChI=1S/C23H30O4/c1-13(24)19-9-10-20-17-7-5-14-11-15(26-3)6-8-16(14)21(17)18(22(25)27-4)12-23(19,20)2/h6,8,11,17-21H,5,7,9-10,12H2,1-4H3/t17-,18-,19-,20-,21+,23-/m0/s1. The van der Waals surface area contributed by atoms with Gasteiger partial charge in [-0.3, -0.25) is 9.59 Å². The van der Waals surface area contributed by atoms with E-state index in [1.165, 1.54) is 18.2 Å². The van der Waals surface area contributed by atoms with Gasteiger partial charge in [-0.05, 0) is 79.5 Å². The van der Waals surface area contributed by atoms with E-state index in [2.05, 4.69) is 19.1 Å². The lowest BCUT2D eigenvalue weighted by Crippen LogP contribution is -2.49. The fraction of sp³-hybridized carbons (Fsp3) is 0.652. The van der Waals surface area contributed by atoms with Crippen molar-refractivity contribution in [3.8, 4) is 5.75 Å². The van der Waals surface area contributed by atoms with Gasteiger partial charge in [0.1, 0.15) is 11.5 Å². The topological polar surface area (TPSA) is 52.6 Å². The lowest BCUT2D eigenvalue weighted by atomic mass is 9.50. The Morgan fingerprint density at radius 1 is 1.15 bits per heavy atom. The number of Topliss-reactive ketones (excluding diaryl/α,β-unsaturated/α-hetero) is 1. The third kappa shape index (κ3) is 2.71. The molecular formula is C23H30O4. The molecule has 0 N–H and O–H groups in total. The number of hydrogen-bond acceptors (Lipinski definition) is 4. The van der Waals surface area contributed by atoms with Crippen molar-refractivity contribution >= 4 is 11.8 Å². The van der Waals surface area contributed by atoms with Gasteiger partial charge in [-0.15, -0.1) is 0 Å². The van der Waals surface area contributed by atoms with E-state index >= 15 is 0 Å². The number of ketones is 1. The molecule has 6 atom stereocenters. The minimum Gasteiger partial charge on any atom is -0.497 e. The number of benzene rings is 1. The quantitative estimate of drug-likeness (QED) is 0.750. The Morgan fingerprint density at radius 3 is 2.59 bits per heavy atom. The largest absolute Gasteiger partial charge is 0.497 e. The highest BCUT2D eigenvalue weighted by molar-refractivity contribution is 5.80. The molecular weight excluding hydrogens is 340 g/mol. The molecule has 146 valence electrons. The molecule has 4 rings (SSSR count). The van der Waals surface area contributed by atoms with E-state index in [0.29, 0.717) is 11.8 Å². The molecule has 4 heteroatoms. The molecule has 0 aliphatic heterocycles. The van der Waals surface area contributed by atoms with Crippen LogP contribution in [0, 0.1) is 29.1 Å². The minimum absolute atomic E-state index is 0.0767. The Balaban J connectivity index is 1.79. The first-order valence-electron chi connectivity index (χ1n) is 10.2. The molecule has 4 nitrogen and oxygen atoms in total. The van der Waals surface area contributed by atoms with Crippen LogP contribution in [-0.2, 0) is 20.7 Å². The average Bonchev–Trinajstić information content (AvgIpc) is 3.03. The van der Waals surface area contributed by atoms with Gasteiger partial charge in [0.05, 0.1) is 20.1 Å². The Bertz CT molecular complexity index is 770. The molecule has 2 saturated carbocycles. The van der Waals surface area contributed by atoms with E-state index in [0.717, 1.165) is 37.9 Å². The molecule has 1 aromatic rings. The fourth-order valence-corrected chi connectivity index (χ4v) is 6.86. The van der Waals surface area contributed by atoms with Crippen LogP contribution >= 0.6 is 0 Å². The second-order valence-electron chi connectivity index (χ2n) is 8.98. The highest BCUT2D eigenvalue weighted by Crippen LogP contribution is 2.65. The second kappa shape index (κ2) is 6.65. The molecule has 27 heavy (non-hydrogen) atoms. The molecule has 0 spiro atoms. The average molecular weight is 370 g/mol. The highest BCUT2D eigenvalue weighted by atomic mass is 16.5. The van der Waals surface area contributed by atoms with E-state index in [1.807, 2.05) is 6.07 Å². The molecule has 0 unspecified atom stereocenters. The number of carbonyl (C=O) groups excluding carboxylic acids is 2. The van der Waals surface area contributed by atoms with Crippen molar-refractivity contribution < 1.29 is 19.1 Å². The summed E-state index contributed by atoms with van der Waals surface area (Å²) >= 11 is 0. The third-order valence-corrected chi connectivity index (χ3v) is 7.93. The van der Waals surface area contributed by atoms with E-state index in [1.54, 1.807) is 14.0 Å². The van der Waals surface area contributed by atoms with Crippen LogP contribution in [-0.4, -0.2) is 26.0 Å². The van der Waals surface area contributed by atoms with Gasteiger partial charge in [-0.2, -0.15) is 0 Å².